The van der Waals surface area contributed by atoms with Crippen LogP contribution in [0.3, 0.4) is 0 Å². The third-order valence-corrected chi connectivity index (χ3v) is 6.97. The van der Waals surface area contributed by atoms with Crippen molar-refractivity contribution in [3.05, 3.63) is 0 Å². The summed E-state index contributed by atoms with van der Waals surface area (Å²) in [5, 5.41) is 9.23. The first kappa shape index (κ1) is 13.3. The lowest BCUT2D eigenvalue weighted by Crippen LogP contribution is -2.54. The first-order chi connectivity index (χ1) is 7.94. The SMILES string of the molecule is C[C@]1(O)CCOC[C@@H]1S(=O)(=O)C1CCCCC1. The zero-order valence-corrected chi connectivity index (χ0v) is 11.2. The van der Waals surface area contributed by atoms with Gasteiger partial charge in [0.15, 0.2) is 9.84 Å². The van der Waals surface area contributed by atoms with Crippen molar-refractivity contribution in [1.82, 2.24) is 0 Å². The van der Waals surface area contributed by atoms with E-state index in [0.717, 1.165) is 32.1 Å². The number of hydrogen-bond acceptors (Lipinski definition) is 4. The molecule has 2 fully saturated rings. The molecule has 0 aromatic rings. The van der Waals surface area contributed by atoms with Gasteiger partial charge in [0, 0.05) is 13.0 Å². The molecule has 5 heteroatoms. The zero-order chi connectivity index (χ0) is 12.5. The highest BCUT2D eigenvalue weighted by molar-refractivity contribution is 7.92. The minimum Gasteiger partial charge on any atom is -0.389 e. The summed E-state index contributed by atoms with van der Waals surface area (Å²) in [5.74, 6) is 0. The van der Waals surface area contributed by atoms with Crippen LogP contribution >= 0.6 is 0 Å². The van der Waals surface area contributed by atoms with Crippen molar-refractivity contribution in [2.75, 3.05) is 13.2 Å². The van der Waals surface area contributed by atoms with Crippen LogP contribution in [0.5, 0.6) is 0 Å². The Kier molecular flexibility index (Phi) is 3.80. The van der Waals surface area contributed by atoms with Gasteiger partial charge < -0.3 is 9.84 Å². The average Bonchev–Trinajstić information content (AvgIpc) is 2.29. The van der Waals surface area contributed by atoms with Gasteiger partial charge in [0.2, 0.25) is 0 Å². The first-order valence-electron chi connectivity index (χ1n) is 6.47. The van der Waals surface area contributed by atoms with Gasteiger partial charge in [-0.3, -0.25) is 0 Å². The van der Waals surface area contributed by atoms with Crippen molar-refractivity contribution >= 4 is 9.84 Å². The quantitative estimate of drug-likeness (QED) is 0.814. The summed E-state index contributed by atoms with van der Waals surface area (Å²) in [7, 11) is -3.27. The Morgan fingerprint density at radius 3 is 2.47 bits per heavy atom. The fourth-order valence-corrected chi connectivity index (χ4v) is 5.45. The van der Waals surface area contributed by atoms with Gasteiger partial charge in [0.05, 0.1) is 17.5 Å². The van der Waals surface area contributed by atoms with Crippen LogP contribution in [-0.2, 0) is 14.6 Å². The van der Waals surface area contributed by atoms with Crippen molar-refractivity contribution in [3.63, 3.8) is 0 Å². The predicted molar refractivity (Wildman–Crippen MR) is 65.6 cm³/mol. The van der Waals surface area contributed by atoms with E-state index < -0.39 is 20.7 Å². The van der Waals surface area contributed by atoms with Gasteiger partial charge in [-0.2, -0.15) is 0 Å². The van der Waals surface area contributed by atoms with Crippen LogP contribution < -0.4 is 0 Å². The molecule has 0 radical (unpaired) electrons. The van der Waals surface area contributed by atoms with Gasteiger partial charge >= 0.3 is 0 Å². The molecule has 1 saturated carbocycles. The maximum absolute atomic E-state index is 12.5. The normalized spacial score (nSPS) is 36.9. The second-order valence-electron chi connectivity index (χ2n) is 5.52. The molecule has 1 aliphatic heterocycles. The molecule has 0 aromatic carbocycles. The fraction of sp³-hybridized carbons (Fsp3) is 1.00. The van der Waals surface area contributed by atoms with Gasteiger partial charge in [-0.15, -0.1) is 0 Å². The second kappa shape index (κ2) is 4.86. The summed E-state index contributed by atoms with van der Waals surface area (Å²) in [5.41, 5.74) is -1.13. The lowest BCUT2D eigenvalue weighted by Gasteiger charge is -2.38. The molecule has 0 bridgehead atoms. The van der Waals surface area contributed by atoms with Crippen molar-refractivity contribution < 1.29 is 18.3 Å². The van der Waals surface area contributed by atoms with Crippen LogP contribution in [0.25, 0.3) is 0 Å². The maximum atomic E-state index is 12.5. The molecule has 1 aliphatic carbocycles. The molecule has 1 saturated heterocycles. The van der Waals surface area contributed by atoms with E-state index in [9.17, 15) is 13.5 Å². The molecule has 2 rings (SSSR count). The van der Waals surface area contributed by atoms with Gasteiger partial charge in [-0.1, -0.05) is 19.3 Å². The van der Waals surface area contributed by atoms with E-state index in [1.165, 1.54) is 0 Å². The molecule has 0 unspecified atom stereocenters. The van der Waals surface area contributed by atoms with Crippen molar-refractivity contribution in [1.29, 1.82) is 0 Å². The summed E-state index contributed by atoms with van der Waals surface area (Å²) < 4.78 is 30.3. The minimum atomic E-state index is -3.27. The molecule has 0 amide bonds. The number of hydrogen-bond donors (Lipinski definition) is 1. The summed E-state index contributed by atoms with van der Waals surface area (Å²) in [4.78, 5) is 0. The van der Waals surface area contributed by atoms with Crippen LogP contribution in [0, 0.1) is 0 Å². The lowest BCUT2D eigenvalue weighted by atomic mass is 9.97. The van der Waals surface area contributed by atoms with E-state index in [4.69, 9.17) is 4.74 Å². The van der Waals surface area contributed by atoms with E-state index >= 15 is 0 Å². The number of rotatable bonds is 2. The largest absolute Gasteiger partial charge is 0.389 e. The minimum absolute atomic E-state index is 0.145. The Balaban J connectivity index is 2.18. The predicted octanol–water partition coefficient (Wildman–Crippen LogP) is 1.27. The molecule has 2 aliphatic rings. The fourth-order valence-electron chi connectivity index (χ4n) is 2.88. The Bertz CT molecular complexity index is 355. The molecular weight excluding hydrogens is 240 g/mol. The van der Waals surface area contributed by atoms with E-state index in [2.05, 4.69) is 0 Å². The summed E-state index contributed by atoms with van der Waals surface area (Å²) in [6.07, 6.45) is 5.00. The standard InChI is InChI=1S/C12H22O4S/c1-12(13)7-8-16-9-11(12)17(14,15)10-5-3-2-4-6-10/h10-11,13H,2-9H2,1H3/t11-,12-/m0/s1. The molecular formula is C12H22O4S. The van der Waals surface area contributed by atoms with Gasteiger partial charge in [-0.25, -0.2) is 8.42 Å². The van der Waals surface area contributed by atoms with Crippen molar-refractivity contribution in [3.8, 4) is 0 Å². The molecule has 0 aromatic heterocycles. The summed E-state index contributed by atoms with van der Waals surface area (Å²) in [6.45, 7) is 2.22. The Morgan fingerprint density at radius 2 is 1.88 bits per heavy atom. The maximum Gasteiger partial charge on any atom is 0.161 e. The number of ether oxygens (including phenoxy) is 1. The third kappa shape index (κ3) is 2.66. The summed E-state index contributed by atoms with van der Waals surface area (Å²) >= 11 is 0. The van der Waals surface area contributed by atoms with Crippen molar-refractivity contribution in [2.45, 2.75) is 61.5 Å². The summed E-state index contributed by atoms with van der Waals surface area (Å²) in [6, 6.07) is 0. The van der Waals surface area contributed by atoms with E-state index in [1.807, 2.05) is 0 Å². The Morgan fingerprint density at radius 1 is 1.24 bits per heavy atom. The average molecular weight is 262 g/mol. The van der Waals surface area contributed by atoms with Gasteiger partial charge in [0.1, 0.15) is 5.25 Å². The van der Waals surface area contributed by atoms with E-state index in [0.29, 0.717) is 13.0 Å². The first-order valence-corrected chi connectivity index (χ1v) is 8.08. The molecule has 1 heterocycles. The highest BCUT2D eigenvalue weighted by Crippen LogP contribution is 2.33. The van der Waals surface area contributed by atoms with Crippen LogP contribution in [0.2, 0.25) is 0 Å². The van der Waals surface area contributed by atoms with Crippen LogP contribution in [-0.4, -0.2) is 42.8 Å². The molecule has 0 spiro atoms. The Hall–Kier alpha value is -0.130. The molecule has 2 atom stereocenters. The molecule has 4 nitrogen and oxygen atoms in total. The van der Waals surface area contributed by atoms with E-state index in [1.54, 1.807) is 6.92 Å². The number of sulfone groups is 1. The second-order valence-corrected chi connectivity index (χ2v) is 7.93. The monoisotopic (exact) mass is 262 g/mol. The van der Waals surface area contributed by atoms with Crippen LogP contribution in [0.15, 0.2) is 0 Å². The molecule has 17 heavy (non-hydrogen) atoms. The highest BCUT2D eigenvalue weighted by atomic mass is 32.2. The van der Waals surface area contributed by atoms with Crippen LogP contribution in [0.4, 0.5) is 0 Å². The third-order valence-electron chi connectivity index (χ3n) is 4.13. The Labute approximate surface area is 103 Å². The smallest absolute Gasteiger partial charge is 0.161 e. The molecule has 1 N–H and O–H groups in total. The van der Waals surface area contributed by atoms with Crippen LogP contribution in [0.1, 0.15) is 45.4 Å². The number of aliphatic hydroxyl groups is 1. The van der Waals surface area contributed by atoms with E-state index in [-0.39, 0.29) is 11.9 Å². The van der Waals surface area contributed by atoms with Gasteiger partial charge in [0.25, 0.3) is 0 Å². The zero-order valence-electron chi connectivity index (χ0n) is 10.4. The lowest BCUT2D eigenvalue weighted by molar-refractivity contribution is -0.0469. The molecule has 100 valence electrons. The van der Waals surface area contributed by atoms with Gasteiger partial charge in [-0.05, 0) is 19.8 Å². The highest BCUT2D eigenvalue weighted by Gasteiger charge is 2.47. The topological polar surface area (TPSA) is 63.6 Å². The van der Waals surface area contributed by atoms with Crippen molar-refractivity contribution in [2.24, 2.45) is 0 Å².